The molecule has 0 unspecified atom stereocenters. The lowest BCUT2D eigenvalue weighted by Gasteiger charge is -2.25. The molecule has 4 aromatic rings. The molecule has 11 nitrogen and oxygen atoms in total. The number of fused-ring (bicyclic) bond motifs is 1. The number of carbonyl (C=O) groups is 2. The van der Waals surface area contributed by atoms with Gasteiger partial charge in [0, 0.05) is 31.9 Å². The number of hydrogen-bond donors (Lipinski definition) is 5. The van der Waals surface area contributed by atoms with E-state index >= 15 is 0 Å². The van der Waals surface area contributed by atoms with E-state index in [0.717, 1.165) is 15.6 Å². The Kier molecular flexibility index (Phi) is 8.89. The van der Waals surface area contributed by atoms with Crippen molar-refractivity contribution in [2.45, 2.75) is 51.8 Å². The number of thiophene rings is 1. The Morgan fingerprint density at radius 1 is 1.00 bits per heavy atom. The maximum absolute atomic E-state index is 13.3. The van der Waals surface area contributed by atoms with Crippen LogP contribution in [-0.4, -0.2) is 46.4 Å². The van der Waals surface area contributed by atoms with E-state index < -0.39 is 39.6 Å². The van der Waals surface area contributed by atoms with E-state index in [2.05, 4.69) is 14.4 Å². The molecule has 4 rings (SSSR count). The highest BCUT2D eigenvalue weighted by Crippen LogP contribution is 2.41. The summed E-state index contributed by atoms with van der Waals surface area (Å²) in [5.41, 5.74) is -0.0216. The maximum atomic E-state index is 13.3. The second-order valence-corrected chi connectivity index (χ2v) is 14.3. The van der Waals surface area contributed by atoms with Crippen LogP contribution in [0.3, 0.4) is 0 Å². The summed E-state index contributed by atoms with van der Waals surface area (Å²) in [4.78, 5) is 28.5. The molecular weight excluding hydrogens is 616 g/mol. The minimum atomic E-state index is -4.18. The average Bonchev–Trinajstić information content (AvgIpc) is 3.30. The van der Waals surface area contributed by atoms with Crippen molar-refractivity contribution < 1.29 is 33.3 Å². The van der Waals surface area contributed by atoms with Crippen molar-refractivity contribution in [2.24, 2.45) is 0 Å². The molecule has 5 N–H and O–H groups in total. The quantitative estimate of drug-likeness (QED) is 0.148. The van der Waals surface area contributed by atoms with Crippen LogP contribution in [0.1, 0.15) is 56.7 Å². The third-order valence-electron chi connectivity index (χ3n) is 6.23. The number of hydrogen-bond acceptors (Lipinski definition) is 7. The van der Waals surface area contributed by atoms with Crippen LogP contribution in [0.4, 0.5) is 15.3 Å². The molecule has 0 saturated carbocycles. The molecule has 14 heteroatoms. The smallest absolute Gasteiger partial charge is 0.421 e. The third-order valence-corrected chi connectivity index (χ3v) is 9.26. The highest BCUT2D eigenvalue weighted by atomic mass is 35.5. The number of pyridine rings is 1. The Balaban J connectivity index is 1.93. The van der Waals surface area contributed by atoms with Gasteiger partial charge in [-0.05, 0) is 87.5 Å². The number of amides is 2. The molecule has 2 amide bonds. The largest absolute Gasteiger partial charge is 0.464 e. The lowest BCUT2D eigenvalue weighted by Crippen LogP contribution is -2.48. The highest BCUT2D eigenvalue weighted by Gasteiger charge is 2.30. The Bertz CT molecular complexity index is 1800. The number of nitrogens with one attached hydrogen (secondary N) is 2. The van der Waals surface area contributed by atoms with Crippen molar-refractivity contribution in [3.05, 3.63) is 81.8 Å². The van der Waals surface area contributed by atoms with E-state index in [1.165, 1.54) is 29.5 Å². The van der Waals surface area contributed by atoms with E-state index in [0.29, 0.717) is 16.1 Å². The minimum absolute atomic E-state index is 0.0835. The van der Waals surface area contributed by atoms with Crippen LogP contribution < -0.4 is 14.3 Å². The van der Waals surface area contributed by atoms with Crippen molar-refractivity contribution in [1.82, 2.24) is 14.4 Å². The zero-order valence-corrected chi connectivity index (χ0v) is 26.3. The lowest BCUT2D eigenvalue weighted by molar-refractivity contribution is 0.0785. The molecule has 0 bridgehead atoms. The highest BCUT2D eigenvalue weighted by molar-refractivity contribution is 7.87. The number of anilines is 1. The van der Waals surface area contributed by atoms with Crippen LogP contribution in [-0.2, 0) is 15.8 Å². The molecule has 43 heavy (non-hydrogen) atoms. The van der Waals surface area contributed by atoms with E-state index in [1.807, 2.05) is 18.2 Å². The van der Waals surface area contributed by atoms with Gasteiger partial charge in [-0.3, -0.25) is 4.98 Å². The normalized spacial score (nSPS) is 13.2. The predicted octanol–water partition coefficient (Wildman–Crippen LogP) is 6.32. The van der Waals surface area contributed by atoms with Crippen molar-refractivity contribution in [3.63, 3.8) is 0 Å². The summed E-state index contributed by atoms with van der Waals surface area (Å²) < 4.78 is 32.5. The fraction of sp³-hybridized carbons (Fsp3) is 0.276. The molecule has 2 heterocycles. The van der Waals surface area contributed by atoms with Gasteiger partial charge in [-0.25, -0.2) is 9.59 Å². The average molecular weight is 647 g/mol. The fourth-order valence-corrected chi connectivity index (χ4v) is 7.43. The van der Waals surface area contributed by atoms with Crippen molar-refractivity contribution >= 4 is 61.1 Å². The van der Waals surface area contributed by atoms with Gasteiger partial charge in [0.15, 0.2) is 0 Å². The van der Waals surface area contributed by atoms with Crippen LogP contribution in [0.5, 0.6) is 0 Å². The van der Waals surface area contributed by atoms with Gasteiger partial charge in [-0.15, -0.1) is 11.3 Å². The van der Waals surface area contributed by atoms with Crippen LogP contribution >= 0.6 is 22.9 Å². The Morgan fingerprint density at radius 3 is 2.28 bits per heavy atom. The van der Waals surface area contributed by atoms with E-state index in [4.69, 9.17) is 11.6 Å². The number of aromatic nitrogens is 1. The minimum Gasteiger partial charge on any atom is -0.464 e. The summed E-state index contributed by atoms with van der Waals surface area (Å²) in [5.74, 6) is 0. The zero-order chi connectivity index (χ0) is 31.9. The molecule has 0 aliphatic rings. The van der Waals surface area contributed by atoms with Gasteiger partial charge in [-0.2, -0.15) is 22.8 Å². The summed E-state index contributed by atoms with van der Waals surface area (Å²) in [6.45, 7) is 8.37. The molecule has 0 spiro atoms. The summed E-state index contributed by atoms with van der Waals surface area (Å²) in [5, 5.41) is 30.4. The van der Waals surface area contributed by atoms with Gasteiger partial charge in [0.2, 0.25) is 0 Å². The summed E-state index contributed by atoms with van der Waals surface area (Å²) in [6, 6.07) is 13.5. The number of rotatable bonds is 8. The first-order chi connectivity index (χ1) is 19.9. The predicted molar refractivity (Wildman–Crippen MR) is 167 cm³/mol. The van der Waals surface area contributed by atoms with Gasteiger partial charge in [0.25, 0.3) is 10.2 Å². The monoisotopic (exact) mass is 646 g/mol. The first kappa shape index (κ1) is 32.3. The summed E-state index contributed by atoms with van der Waals surface area (Å²) >= 11 is 7.82. The third kappa shape index (κ3) is 7.50. The number of carboxylic acid groups (broad SMARTS) is 2. The standard InChI is InChI=1S/C29H31ClN4O7S2/c1-28(2,3)33-43(40,41)32-24(20-15-18(9-10-21(20)30)34(26(35)36)27(37)38)23-13-16-7-6-8-19(25(16)42-23)22-14-17(11-12-31-22)29(4,5)39/h6-15,24,32-33,39H,1-5H3,(H,35,36)(H,37,38)/t24-/m0/s1. The number of nitrogens with zero attached hydrogens (tertiary/aromatic N) is 2. The second-order valence-electron chi connectivity index (χ2n) is 11.4. The molecule has 1 atom stereocenters. The molecule has 0 aliphatic carbocycles. The van der Waals surface area contributed by atoms with Gasteiger partial charge >= 0.3 is 12.2 Å². The molecule has 0 fully saturated rings. The van der Waals surface area contributed by atoms with E-state index in [1.54, 1.807) is 59.0 Å². The van der Waals surface area contributed by atoms with E-state index in [9.17, 15) is 33.3 Å². The fourth-order valence-electron chi connectivity index (χ4n) is 4.44. The van der Waals surface area contributed by atoms with Crippen LogP contribution in [0, 0.1) is 0 Å². The molecule has 0 aliphatic heterocycles. The Labute approximate surface area is 258 Å². The number of halogens is 1. The topological polar surface area (TPSA) is 169 Å². The molecule has 0 radical (unpaired) electrons. The maximum Gasteiger partial charge on any atom is 0.421 e. The first-order valence-electron chi connectivity index (χ1n) is 12.9. The number of benzene rings is 2. The van der Waals surface area contributed by atoms with Crippen LogP contribution in [0.25, 0.3) is 21.3 Å². The van der Waals surface area contributed by atoms with Crippen molar-refractivity contribution in [3.8, 4) is 11.3 Å². The summed E-state index contributed by atoms with van der Waals surface area (Å²) in [6.07, 6.45) is -1.87. The molecule has 2 aromatic heterocycles. The molecule has 2 aromatic carbocycles. The molecule has 0 saturated heterocycles. The van der Waals surface area contributed by atoms with E-state index in [-0.39, 0.29) is 21.2 Å². The van der Waals surface area contributed by atoms with Crippen molar-refractivity contribution in [1.29, 1.82) is 0 Å². The molecular formula is C29H31ClN4O7S2. The van der Waals surface area contributed by atoms with Gasteiger partial charge in [0.1, 0.15) is 0 Å². The van der Waals surface area contributed by atoms with Crippen LogP contribution in [0.2, 0.25) is 5.02 Å². The van der Waals surface area contributed by atoms with Crippen LogP contribution in [0.15, 0.2) is 60.8 Å². The van der Waals surface area contributed by atoms with Gasteiger partial charge < -0.3 is 15.3 Å². The van der Waals surface area contributed by atoms with Gasteiger partial charge in [-0.1, -0.05) is 29.8 Å². The Morgan fingerprint density at radius 2 is 1.67 bits per heavy atom. The number of imide groups is 1. The zero-order valence-electron chi connectivity index (χ0n) is 23.9. The SMILES string of the molecule is CC(C)(C)NS(=O)(=O)N[C@H](c1cc2cccc(-c3cc(C(C)(C)O)ccn3)c2s1)c1cc(N(C(=O)O)C(=O)O)ccc1Cl. The second kappa shape index (κ2) is 11.8. The Hall–Kier alpha value is -3.59. The van der Waals surface area contributed by atoms with Gasteiger partial charge in [0.05, 0.1) is 23.0 Å². The van der Waals surface area contributed by atoms with Crippen molar-refractivity contribution in [2.75, 3.05) is 4.90 Å². The lowest BCUT2D eigenvalue weighted by atomic mass is 9.97. The molecule has 228 valence electrons. The number of aliphatic hydroxyl groups is 1. The first-order valence-corrected chi connectivity index (χ1v) is 15.6. The summed E-state index contributed by atoms with van der Waals surface area (Å²) in [7, 11) is -4.18.